The fourth-order valence-corrected chi connectivity index (χ4v) is 1.50. The van der Waals surface area contributed by atoms with Crippen molar-refractivity contribution in [3.63, 3.8) is 0 Å². The van der Waals surface area contributed by atoms with Gasteiger partial charge in [0, 0.05) is 0 Å². The maximum Gasteiger partial charge on any atom is 0.308 e. The third-order valence-corrected chi connectivity index (χ3v) is 2.14. The minimum atomic E-state index is -0.0142. The molecule has 0 bridgehead atoms. The summed E-state index contributed by atoms with van der Waals surface area (Å²) in [5.41, 5.74) is 0. The van der Waals surface area contributed by atoms with Crippen LogP contribution in [0.25, 0.3) is 0 Å². The van der Waals surface area contributed by atoms with Crippen molar-refractivity contribution >= 4 is 23.3 Å². The molecule has 0 heterocycles. The van der Waals surface area contributed by atoms with Gasteiger partial charge in [0.15, 0.2) is 17.4 Å². The van der Waals surface area contributed by atoms with Crippen molar-refractivity contribution in [3.8, 4) is 0 Å². The first-order valence-corrected chi connectivity index (χ1v) is 3.92. The van der Waals surface area contributed by atoms with Gasteiger partial charge in [-0.2, -0.15) is 0 Å². The first-order chi connectivity index (χ1) is 4.84. The number of hydrogen-bond donors (Lipinski definition) is 0. The normalized spacial score (nSPS) is 18.6. The predicted octanol–water partition coefficient (Wildman–Crippen LogP) is 0.556. The Morgan fingerprint density at radius 1 is 1.27 bits per heavy atom. The third-order valence-electron chi connectivity index (χ3n) is 2.14. The van der Waals surface area contributed by atoms with Crippen LogP contribution in [0.4, 0.5) is 0 Å². The molecule has 0 spiro atoms. The molecule has 0 unspecified atom stereocenters. The first kappa shape index (κ1) is 11.0. The van der Waals surface area contributed by atoms with Gasteiger partial charge < -0.3 is 4.74 Å². The van der Waals surface area contributed by atoms with E-state index in [1.807, 2.05) is 0 Å². The average molecular weight is 172 g/mol. The molecule has 1 saturated carbocycles. The minimum Gasteiger partial charge on any atom is -0.469 e. The van der Waals surface area contributed by atoms with Gasteiger partial charge in [0.05, 0.1) is 13.0 Å². The van der Waals surface area contributed by atoms with E-state index in [-0.39, 0.29) is 29.2 Å². The van der Waals surface area contributed by atoms with Crippen LogP contribution in [0.5, 0.6) is 0 Å². The largest absolute Gasteiger partial charge is 0.469 e. The summed E-state index contributed by atoms with van der Waals surface area (Å²) >= 11 is 0. The van der Waals surface area contributed by atoms with Gasteiger partial charge in [0.25, 0.3) is 0 Å². The van der Waals surface area contributed by atoms with Gasteiger partial charge in [0.1, 0.15) is 0 Å². The summed E-state index contributed by atoms with van der Waals surface area (Å²) in [7, 11) is 1.47. The van der Waals surface area contributed by atoms with E-state index in [4.69, 9.17) is 0 Å². The average Bonchev–Trinajstić information content (AvgIpc) is 2.05. The summed E-state index contributed by atoms with van der Waals surface area (Å²) in [5.74, 6) is 0.193. The maximum absolute atomic E-state index is 10.9. The van der Waals surface area contributed by atoms with Gasteiger partial charge in [-0.1, -0.05) is 19.3 Å². The van der Waals surface area contributed by atoms with E-state index in [1.54, 1.807) is 0 Å². The zero-order chi connectivity index (χ0) is 7.40. The fraction of sp³-hybridized carbons (Fsp3) is 0.875. The summed E-state index contributed by atoms with van der Waals surface area (Å²) in [6.45, 7) is 0. The Kier molecular flexibility index (Phi) is 5.63. The SMILES string of the molecule is COC(=O)C1CCCCC1.[AlH3]. The Morgan fingerprint density at radius 3 is 2.27 bits per heavy atom. The Morgan fingerprint density at radius 2 is 1.82 bits per heavy atom. The smallest absolute Gasteiger partial charge is 0.308 e. The fourth-order valence-electron chi connectivity index (χ4n) is 1.50. The summed E-state index contributed by atoms with van der Waals surface area (Å²) in [5, 5.41) is 0. The van der Waals surface area contributed by atoms with E-state index in [0.29, 0.717) is 0 Å². The topological polar surface area (TPSA) is 26.3 Å². The zero-order valence-electron chi connectivity index (χ0n) is 6.43. The number of ether oxygens (including phenoxy) is 1. The summed E-state index contributed by atoms with van der Waals surface area (Å²) in [6, 6.07) is 0. The molecule has 11 heavy (non-hydrogen) atoms. The Bertz CT molecular complexity index is 119. The lowest BCUT2D eigenvalue weighted by Crippen LogP contribution is -2.18. The van der Waals surface area contributed by atoms with Crippen LogP contribution in [0, 0.1) is 5.92 Å². The second kappa shape index (κ2) is 5.63. The Balaban J connectivity index is 0.000001000. The molecule has 1 aliphatic carbocycles. The molecular weight excluding hydrogens is 155 g/mol. The molecule has 0 aromatic carbocycles. The molecule has 0 radical (unpaired) electrons. The highest BCUT2D eigenvalue weighted by Gasteiger charge is 2.20. The lowest BCUT2D eigenvalue weighted by Gasteiger charge is -2.18. The van der Waals surface area contributed by atoms with Crippen molar-refractivity contribution in [1.82, 2.24) is 0 Å². The molecule has 1 fully saturated rings. The number of hydrogen-bond acceptors (Lipinski definition) is 2. The summed E-state index contributed by atoms with van der Waals surface area (Å²) in [6.07, 6.45) is 5.74. The molecule has 0 amide bonds. The number of carbonyl (C=O) groups is 1. The van der Waals surface area contributed by atoms with Gasteiger partial charge in [-0.15, -0.1) is 0 Å². The summed E-state index contributed by atoms with van der Waals surface area (Å²) < 4.78 is 4.65. The van der Waals surface area contributed by atoms with Gasteiger partial charge in [-0.25, -0.2) is 0 Å². The highest BCUT2D eigenvalue weighted by molar-refractivity contribution is 5.75. The predicted molar refractivity (Wildman–Crippen MR) is 48.5 cm³/mol. The minimum absolute atomic E-state index is 0. The number of esters is 1. The van der Waals surface area contributed by atoms with E-state index < -0.39 is 0 Å². The highest BCUT2D eigenvalue weighted by atomic mass is 27.0. The van der Waals surface area contributed by atoms with E-state index in [1.165, 1.54) is 26.4 Å². The molecule has 0 atom stereocenters. The van der Waals surface area contributed by atoms with Crippen molar-refractivity contribution in [2.24, 2.45) is 5.92 Å². The van der Waals surface area contributed by atoms with Crippen LogP contribution >= 0.6 is 0 Å². The van der Waals surface area contributed by atoms with E-state index >= 15 is 0 Å². The molecule has 0 saturated heterocycles. The van der Waals surface area contributed by atoms with Crippen LogP contribution in [0.15, 0.2) is 0 Å². The molecule has 0 aromatic rings. The molecule has 3 heteroatoms. The van der Waals surface area contributed by atoms with Gasteiger partial charge >= 0.3 is 5.97 Å². The molecule has 0 aromatic heterocycles. The van der Waals surface area contributed by atoms with Crippen LogP contribution in [0.1, 0.15) is 32.1 Å². The molecule has 64 valence electrons. The Hall–Kier alpha value is 0.00247. The van der Waals surface area contributed by atoms with Crippen molar-refractivity contribution < 1.29 is 9.53 Å². The number of rotatable bonds is 1. The van der Waals surface area contributed by atoms with Crippen LogP contribution in [-0.2, 0) is 9.53 Å². The first-order valence-electron chi connectivity index (χ1n) is 3.92. The second-order valence-electron chi connectivity index (χ2n) is 2.86. The number of methoxy groups -OCH3 is 1. The van der Waals surface area contributed by atoms with Gasteiger partial charge in [-0.3, -0.25) is 4.79 Å². The third kappa shape index (κ3) is 3.27. The van der Waals surface area contributed by atoms with Crippen LogP contribution in [-0.4, -0.2) is 30.4 Å². The van der Waals surface area contributed by atoms with Crippen LogP contribution in [0.3, 0.4) is 0 Å². The van der Waals surface area contributed by atoms with Crippen molar-refractivity contribution in [2.45, 2.75) is 32.1 Å². The van der Waals surface area contributed by atoms with Gasteiger partial charge in [0.2, 0.25) is 0 Å². The van der Waals surface area contributed by atoms with E-state index in [0.717, 1.165) is 12.8 Å². The second-order valence-corrected chi connectivity index (χ2v) is 2.86. The molecule has 1 aliphatic rings. The number of carbonyl (C=O) groups excluding carboxylic acids is 1. The van der Waals surface area contributed by atoms with Crippen molar-refractivity contribution in [3.05, 3.63) is 0 Å². The lowest BCUT2D eigenvalue weighted by atomic mass is 9.89. The Labute approximate surface area is 78.4 Å². The lowest BCUT2D eigenvalue weighted by molar-refractivity contribution is -0.146. The molecule has 2 nitrogen and oxygen atoms in total. The van der Waals surface area contributed by atoms with E-state index in [2.05, 4.69) is 4.74 Å². The molecular formula is C8H17AlO2. The van der Waals surface area contributed by atoms with Crippen LogP contribution in [0.2, 0.25) is 0 Å². The van der Waals surface area contributed by atoms with Gasteiger partial charge in [-0.05, 0) is 12.8 Å². The quantitative estimate of drug-likeness (QED) is 0.426. The van der Waals surface area contributed by atoms with E-state index in [9.17, 15) is 4.79 Å². The maximum atomic E-state index is 10.9. The standard InChI is InChI=1S/C8H14O2.Al.3H/c1-10-8(9)7-5-3-2-4-6-7;;;;/h7H,2-6H2,1H3;;;;. The molecule has 0 N–H and O–H groups in total. The van der Waals surface area contributed by atoms with Crippen molar-refractivity contribution in [1.29, 1.82) is 0 Å². The monoisotopic (exact) mass is 172 g/mol. The summed E-state index contributed by atoms with van der Waals surface area (Å²) in [4.78, 5) is 10.9. The molecule has 1 rings (SSSR count). The van der Waals surface area contributed by atoms with Crippen LogP contribution < -0.4 is 0 Å². The van der Waals surface area contributed by atoms with Crippen molar-refractivity contribution in [2.75, 3.05) is 7.11 Å². The molecule has 0 aliphatic heterocycles. The zero-order valence-corrected chi connectivity index (χ0v) is 6.43. The highest BCUT2D eigenvalue weighted by Crippen LogP contribution is 2.24.